The zero-order valence-electron chi connectivity index (χ0n) is 13.8. The van der Waals surface area contributed by atoms with E-state index >= 15 is 0 Å². The first-order valence-electron chi connectivity index (χ1n) is 8.14. The molecule has 1 amide bonds. The molecule has 0 spiro atoms. The molecular weight excluding hydrogens is 361 g/mol. The number of nitrogens with one attached hydrogen (secondary N) is 2. The molecule has 25 heavy (non-hydrogen) atoms. The molecule has 0 radical (unpaired) electrons. The summed E-state index contributed by atoms with van der Waals surface area (Å²) in [4.78, 5) is 16.6. The minimum absolute atomic E-state index is 0.126. The summed E-state index contributed by atoms with van der Waals surface area (Å²) in [5.74, 6) is 1.04. The Kier molecular flexibility index (Phi) is 5.78. The van der Waals surface area contributed by atoms with Crippen LogP contribution in [-0.4, -0.2) is 30.0 Å². The smallest absolute Gasteiger partial charge is 0.253 e. The van der Waals surface area contributed by atoms with E-state index in [0.29, 0.717) is 33.2 Å². The molecule has 0 saturated carbocycles. The Morgan fingerprint density at radius 2 is 2.16 bits per heavy atom. The SMILES string of the molecule is CC1CNCCC1NC(=O)c1ccc(Oc2cccc(Cl)c2Cl)nc1. The molecule has 1 aromatic carbocycles. The van der Waals surface area contributed by atoms with E-state index in [1.54, 1.807) is 30.3 Å². The van der Waals surface area contributed by atoms with Gasteiger partial charge in [0, 0.05) is 18.3 Å². The summed E-state index contributed by atoms with van der Waals surface area (Å²) in [6, 6.07) is 8.62. The number of hydrogen-bond donors (Lipinski definition) is 2. The largest absolute Gasteiger partial charge is 0.437 e. The lowest BCUT2D eigenvalue weighted by atomic mass is 9.95. The van der Waals surface area contributed by atoms with Gasteiger partial charge in [-0.05, 0) is 43.6 Å². The number of carbonyl (C=O) groups is 1. The number of hydrogen-bond acceptors (Lipinski definition) is 4. The van der Waals surface area contributed by atoms with Crippen LogP contribution in [0.1, 0.15) is 23.7 Å². The van der Waals surface area contributed by atoms with E-state index in [1.165, 1.54) is 6.20 Å². The molecule has 2 atom stereocenters. The highest BCUT2D eigenvalue weighted by atomic mass is 35.5. The van der Waals surface area contributed by atoms with Gasteiger partial charge in [-0.1, -0.05) is 36.2 Å². The zero-order valence-corrected chi connectivity index (χ0v) is 15.3. The highest BCUT2D eigenvalue weighted by Gasteiger charge is 2.23. The summed E-state index contributed by atoms with van der Waals surface area (Å²) in [6.07, 6.45) is 2.42. The van der Waals surface area contributed by atoms with Crippen molar-refractivity contribution in [3.8, 4) is 11.6 Å². The van der Waals surface area contributed by atoms with Crippen molar-refractivity contribution in [3.05, 3.63) is 52.1 Å². The Morgan fingerprint density at radius 3 is 2.88 bits per heavy atom. The van der Waals surface area contributed by atoms with Crippen molar-refractivity contribution in [2.45, 2.75) is 19.4 Å². The van der Waals surface area contributed by atoms with Gasteiger partial charge in [-0.25, -0.2) is 4.98 Å². The highest BCUT2D eigenvalue weighted by molar-refractivity contribution is 6.42. The molecule has 5 nitrogen and oxygen atoms in total. The second-order valence-corrected chi connectivity index (χ2v) is 6.87. The van der Waals surface area contributed by atoms with Gasteiger partial charge in [0.1, 0.15) is 10.8 Å². The van der Waals surface area contributed by atoms with Gasteiger partial charge in [0.05, 0.1) is 10.6 Å². The van der Waals surface area contributed by atoms with Crippen molar-refractivity contribution >= 4 is 29.1 Å². The molecule has 7 heteroatoms. The van der Waals surface area contributed by atoms with Crippen LogP contribution in [0.2, 0.25) is 10.0 Å². The Bertz CT molecular complexity index is 752. The van der Waals surface area contributed by atoms with Crippen molar-refractivity contribution < 1.29 is 9.53 Å². The van der Waals surface area contributed by atoms with Crippen molar-refractivity contribution in [3.63, 3.8) is 0 Å². The molecule has 1 saturated heterocycles. The van der Waals surface area contributed by atoms with Crippen LogP contribution in [-0.2, 0) is 0 Å². The number of piperidine rings is 1. The molecule has 1 aromatic heterocycles. The van der Waals surface area contributed by atoms with E-state index < -0.39 is 0 Å². The van der Waals surface area contributed by atoms with Crippen LogP contribution in [0.25, 0.3) is 0 Å². The Balaban J connectivity index is 1.65. The molecule has 2 N–H and O–H groups in total. The monoisotopic (exact) mass is 379 g/mol. The molecule has 2 aromatic rings. The molecule has 1 fully saturated rings. The van der Waals surface area contributed by atoms with Crippen molar-refractivity contribution in [1.82, 2.24) is 15.6 Å². The highest BCUT2D eigenvalue weighted by Crippen LogP contribution is 2.33. The minimum atomic E-state index is -0.126. The van der Waals surface area contributed by atoms with E-state index in [0.717, 1.165) is 19.5 Å². The van der Waals surface area contributed by atoms with Crippen LogP contribution in [0.4, 0.5) is 0 Å². The number of pyridine rings is 1. The standard InChI is InChI=1S/C18H19Cl2N3O2/c1-11-9-21-8-7-14(11)23-18(24)12-5-6-16(22-10-12)25-15-4-2-3-13(19)17(15)20/h2-6,10-11,14,21H,7-9H2,1H3,(H,23,24). The Morgan fingerprint density at radius 1 is 1.32 bits per heavy atom. The van der Waals surface area contributed by atoms with E-state index in [2.05, 4.69) is 22.5 Å². The van der Waals surface area contributed by atoms with Crippen LogP contribution in [0.3, 0.4) is 0 Å². The van der Waals surface area contributed by atoms with Crippen LogP contribution in [0.15, 0.2) is 36.5 Å². The minimum Gasteiger partial charge on any atom is -0.437 e. The van der Waals surface area contributed by atoms with E-state index in [1.807, 2.05) is 0 Å². The number of ether oxygens (including phenoxy) is 1. The first-order chi connectivity index (χ1) is 12.0. The lowest BCUT2D eigenvalue weighted by molar-refractivity contribution is 0.0914. The average molecular weight is 380 g/mol. The first kappa shape index (κ1) is 18.0. The van der Waals surface area contributed by atoms with E-state index in [9.17, 15) is 4.79 Å². The quantitative estimate of drug-likeness (QED) is 0.844. The fourth-order valence-electron chi connectivity index (χ4n) is 2.73. The number of benzene rings is 1. The second kappa shape index (κ2) is 8.04. The van der Waals surface area contributed by atoms with Gasteiger partial charge in [-0.15, -0.1) is 0 Å². The van der Waals surface area contributed by atoms with Crippen molar-refractivity contribution in [2.24, 2.45) is 5.92 Å². The Labute approximate surface area is 156 Å². The van der Waals surface area contributed by atoms with Gasteiger partial charge in [0.25, 0.3) is 5.91 Å². The van der Waals surface area contributed by atoms with Crippen LogP contribution >= 0.6 is 23.2 Å². The molecule has 3 rings (SSSR count). The molecule has 132 valence electrons. The molecule has 1 aliphatic rings. The van der Waals surface area contributed by atoms with Gasteiger partial charge in [0.2, 0.25) is 5.88 Å². The first-order valence-corrected chi connectivity index (χ1v) is 8.89. The summed E-state index contributed by atoms with van der Waals surface area (Å²) in [5, 5.41) is 7.12. The third kappa shape index (κ3) is 4.42. The third-order valence-corrected chi connectivity index (χ3v) is 5.03. The molecule has 0 aliphatic carbocycles. The summed E-state index contributed by atoms with van der Waals surface area (Å²) in [7, 11) is 0. The lowest BCUT2D eigenvalue weighted by Crippen LogP contribution is -2.48. The molecule has 0 bridgehead atoms. The fraction of sp³-hybridized carbons (Fsp3) is 0.333. The maximum absolute atomic E-state index is 12.4. The van der Waals surface area contributed by atoms with Gasteiger partial charge < -0.3 is 15.4 Å². The number of carbonyl (C=O) groups excluding carboxylic acids is 1. The van der Waals surface area contributed by atoms with Crippen LogP contribution in [0.5, 0.6) is 11.6 Å². The predicted molar refractivity (Wildman–Crippen MR) is 98.7 cm³/mol. The number of aromatic nitrogens is 1. The van der Waals surface area contributed by atoms with E-state index in [-0.39, 0.29) is 11.9 Å². The average Bonchev–Trinajstić information content (AvgIpc) is 2.61. The number of halogens is 2. The topological polar surface area (TPSA) is 63.2 Å². The second-order valence-electron chi connectivity index (χ2n) is 6.09. The zero-order chi connectivity index (χ0) is 17.8. The predicted octanol–water partition coefficient (Wildman–Crippen LogP) is 3.91. The number of nitrogens with zero attached hydrogens (tertiary/aromatic N) is 1. The van der Waals surface area contributed by atoms with Gasteiger partial charge in [-0.3, -0.25) is 4.79 Å². The van der Waals surface area contributed by atoms with Crippen molar-refractivity contribution in [2.75, 3.05) is 13.1 Å². The maximum Gasteiger partial charge on any atom is 0.253 e. The van der Waals surface area contributed by atoms with Crippen molar-refractivity contribution in [1.29, 1.82) is 0 Å². The number of amides is 1. The summed E-state index contributed by atoms with van der Waals surface area (Å²) in [5.41, 5.74) is 0.496. The van der Waals surface area contributed by atoms with Gasteiger partial charge >= 0.3 is 0 Å². The summed E-state index contributed by atoms with van der Waals surface area (Å²) >= 11 is 12.1. The molecule has 2 unspecified atom stereocenters. The summed E-state index contributed by atoms with van der Waals surface area (Å²) in [6.45, 7) is 3.96. The lowest BCUT2D eigenvalue weighted by Gasteiger charge is -2.30. The molecule has 1 aliphatic heterocycles. The molecule has 2 heterocycles. The number of rotatable bonds is 4. The molecular formula is C18H19Cl2N3O2. The van der Waals surface area contributed by atoms with Gasteiger partial charge in [0.15, 0.2) is 0 Å². The van der Waals surface area contributed by atoms with Crippen LogP contribution in [0, 0.1) is 5.92 Å². The van der Waals surface area contributed by atoms with Crippen LogP contribution < -0.4 is 15.4 Å². The Hall–Kier alpha value is -1.82. The fourth-order valence-corrected chi connectivity index (χ4v) is 3.06. The van der Waals surface area contributed by atoms with Gasteiger partial charge in [-0.2, -0.15) is 0 Å². The third-order valence-electron chi connectivity index (χ3n) is 4.23. The normalized spacial score (nSPS) is 20.1. The van der Waals surface area contributed by atoms with E-state index in [4.69, 9.17) is 27.9 Å². The summed E-state index contributed by atoms with van der Waals surface area (Å²) < 4.78 is 5.62. The maximum atomic E-state index is 12.4.